The fourth-order valence-corrected chi connectivity index (χ4v) is 5.47. The van der Waals surface area contributed by atoms with Crippen LogP contribution in [0.15, 0.2) is 60.7 Å². The topological polar surface area (TPSA) is 133 Å². The number of nitrogens with one attached hydrogen (secondary N) is 3. The van der Waals surface area contributed by atoms with Gasteiger partial charge in [0.25, 0.3) is 0 Å². The number of rotatable bonds is 11. The lowest BCUT2D eigenvalue weighted by molar-refractivity contribution is -0.124. The molecule has 5 rings (SSSR count). The summed E-state index contributed by atoms with van der Waals surface area (Å²) in [5, 5.41) is 8.08. The van der Waals surface area contributed by atoms with E-state index in [1.54, 1.807) is 47.8 Å². The molecule has 0 aromatic heterocycles. The Morgan fingerprint density at radius 1 is 1.06 bits per heavy atom. The van der Waals surface area contributed by atoms with Gasteiger partial charge < -0.3 is 40.6 Å². The lowest BCUT2D eigenvalue weighted by Gasteiger charge is -2.30. The van der Waals surface area contributed by atoms with Crippen molar-refractivity contribution in [2.75, 3.05) is 38.4 Å². The molecule has 1 saturated heterocycles. The zero-order valence-electron chi connectivity index (χ0n) is 24.9. The molecule has 0 spiro atoms. The monoisotopic (exact) mass is 680 g/mol. The van der Waals surface area contributed by atoms with Crippen molar-refractivity contribution < 1.29 is 46.1 Å². The van der Waals surface area contributed by atoms with Crippen LogP contribution in [0.1, 0.15) is 29.0 Å². The van der Waals surface area contributed by atoms with E-state index in [-0.39, 0.29) is 43.8 Å². The standard InChI is InChI=1S/C32H33ClF4N4O6/c33-20-7-4-18(5-8-20)28(19-6-11-26-27(12-19)47-17-46-26)29(38)30(42)41-25-3-1-2-24(34)23(25)10-9-22-13-39-21(14-44-22)15-45-31(43)40-16-32(35,36)37/h1-8,11-12,21-22,28-29,39H,9-10,13-17,38H2,(H,40,43)(H,41,42)/t21-,22+,28+,29-/m0/s1. The van der Waals surface area contributed by atoms with Gasteiger partial charge in [-0.2, -0.15) is 13.2 Å². The van der Waals surface area contributed by atoms with Crippen molar-refractivity contribution in [1.29, 1.82) is 0 Å². The van der Waals surface area contributed by atoms with Gasteiger partial charge in [0.15, 0.2) is 11.5 Å². The number of benzene rings is 3. The first-order chi connectivity index (χ1) is 22.5. The highest BCUT2D eigenvalue weighted by molar-refractivity contribution is 6.30. The van der Waals surface area contributed by atoms with Crippen molar-refractivity contribution >= 4 is 29.3 Å². The van der Waals surface area contributed by atoms with Gasteiger partial charge in [-0.05, 0) is 60.4 Å². The Morgan fingerprint density at radius 2 is 1.81 bits per heavy atom. The highest BCUT2D eigenvalue weighted by Crippen LogP contribution is 2.38. The van der Waals surface area contributed by atoms with Crippen LogP contribution in [-0.2, 0) is 20.7 Å². The molecule has 3 aromatic carbocycles. The molecule has 252 valence electrons. The Balaban J connectivity index is 1.20. The van der Waals surface area contributed by atoms with Crippen molar-refractivity contribution in [3.05, 3.63) is 88.2 Å². The van der Waals surface area contributed by atoms with Gasteiger partial charge in [-0.1, -0.05) is 35.9 Å². The van der Waals surface area contributed by atoms with Crippen LogP contribution in [0.3, 0.4) is 0 Å². The maximum atomic E-state index is 15.1. The number of halogens is 5. The minimum Gasteiger partial charge on any atom is -0.454 e. The summed E-state index contributed by atoms with van der Waals surface area (Å²) in [4.78, 5) is 25.1. The summed E-state index contributed by atoms with van der Waals surface area (Å²) in [5.74, 6) is -0.535. The summed E-state index contributed by atoms with van der Waals surface area (Å²) < 4.78 is 73.4. The van der Waals surface area contributed by atoms with Gasteiger partial charge in [-0.15, -0.1) is 0 Å². The quantitative estimate of drug-likeness (QED) is 0.211. The predicted molar refractivity (Wildman–Crippen MR) is 164 cm³/mol. The number of carbonyl (C=O) groups excluding carboxylic acids is 2. The molecule has 2 amide bonds. The molecule has 2 aliphatic heterocycles. The molecule has 2 heterocycles. The summed E-state index contributed by atoms with van der Waals surface area (Å²) >= 11 is 6.12. The molecule has 0 bridgehead atoms. The molecule has 2 aliphatic rings. The molecular weight excluding hydrogens is 648 g/mol. The van der Waals surface area contributed by atoms with E-state index in [1.165, 1.54) is 12.1 Å². The lowest BCUT2D eigenvalue weighted by Crippen LogP contribution is -2.49. The Labute approximate surface area is 272 Å². The third-order valence-electron chi connectivity index (χ3n) is 7.76. The van der Waals surface area contributed by atoms with E-state index in [0.29, 0.717) is 35.1 Å². The van der Waals surface area contributed by atoms with Crippen molar-refractivity contribution in [2.45, 2.75) is 43.1 Å². The van der Waals surface area contributed by atoms with Crippen molar-refractivity contribution in [3.63, 3.8) is 0 Å². The molecule has 0 radical (unpaired) electrons. The molecule has 0 saturated carbocycles. The second-order valence-corrected chi connectivity index (χ2v) is 11.5. The summed E-state index contributed by atoms with van der Waals surface area (Å²) in [6.45, 7) is -1.14. The minimum atomic E-state index is -4.54. The molecule has 0 unspecified atom stereocenters. The minimum absolute atomic E-state index is 0.0866. The average molecular weight is 681 g/mol. The molecule has 4 atom stereocenters. The molecule has 1 fully saturated rings. The van der Waals surface area contributed by atoms with Crippen molar-refractivity contribution in [2.24, 2.45) is 5.73 Å². The Kier molecular flexibility index (Phi) is 11.1. The van der Waals surface area contributed by atoms with Crippen molar-refractivity contribution in [1.82, 2.24) is 10.6 Å². The average Bonchev–Trinajstić information content (AvgIpc) is 3.52. The highest BCUT2D eigenvalue weighted by Gasteiger charge is 2.31. The zero-order valence-corrected chi connectivity index (χ0v) is 25.7. The van der Waals surface area contributed by atoms with Gasteiger partial charge >= 0.3 is 12.3 Å². The van der Waals surface area contributed by atoms with E-state index in [9.17, 15) is 22.8 Å². The van der Waals surface area contributed by atoms with E-state index in [1.807, 2.05) is 6.07 Å². The largest absolute Gasteiger partial charge is 0.454 e. The summed E-state index contributed by atoms with van der Waals surface area (Å²) in [7, 11) is 0. The van der Waals surface area contributed by atoms with Gasteiger partial charge in [0, 0.05) is 28.7 Å². The predicted octanol–water partition coefficient (Wildman–Crippen LogP) is 4.88. The smallest absolute Gasteiger partial charge is 0.407 e. The van der Waals surface area contributed by atoms with Gasteiger partial charge in [0.2, 0.25) is 12.7 Å². The number of hydrogen-bond acceptors (Lipinski definition) is 8. The van der Waals surface area contributed by atoms with Crippen LogP contribution in [0.2, 0.25) is 5.02 Å². The van der Waals surface area contributed by atoms with E-state index >= 15 is 4.39 Å². The van der Waals surface area contributed by atoms with E-state index in [0.717, 1.165) is 5.56 Å². The van der Waals surface area contributed by atoms with Crippen LogP contribution in [0.5, 0.6) is 11.5 Å². The fraction of sp³-hybridized carbons (Fsp3) is 0.375. The van der Waals surface area contributed by atoms with Crippen molar-refractivity contribution in [3.8, 4) is 11.5 Å². The first-order valence-corrected chi connectivity index (χ1v) is 15.2. The number of anilines is 1. The van der Waals surface area contributed by atoms with Gasteiger partial charge in [-0.3, -0.25) is 4.79 Å². The van der Waals surface area contributed by atoms with Crippen LogP contribution < -0.4 is 31.2 Å². The molecule has 3 aromatic rings. The van der Waals surface area contributed by atoms with Crippen LogP contribution >= 0.6 is 11.6 Å². The Bertz CT molecular complexity index is 1550. The maximum Gasteiger partial charge on any atom is 0.407 e. The molecule has 15 heteroatoms. The van der Waals surface area contributed by atoms with Crippen LogP contribution in [0.4, 0.5) is 28.0 Å². The number of carbonyl (C=O) groups is 2. The molecule has 10 nitrogen and oxygen atoms in total. The second-order valence-electron chi connectivity index (χ2n) is 11.1. The number of ether oxygens (including phenoxy) is 4. The normalized spacial score (nSPS) is 18.7. The number of nitrogens with two attached hydrogens (primary N) is 1. The lowest BCUT2D eigenvalue weighted by atomic mass is 9.84. The van der Waals surface area contributed by atoms with Crippen LogP contribution in [-0.4, -0.2) is 69.5 Å². The number of hydrogen-bond donors (Lipinski definition) is 4. The summed E-state index contributed by atoms with van der Waals surface area (Å²) in [6.07, 6.45) is -5.47. The molecular formula is C32H33ClF4N4O6. The van der Waals surface area contributed by atoms with Gasteiger partial charge in [0.05, 0.1) is 24.8 Å². The molecule has 47 heavy (non-hydrogen) atoms. The van der Waals surface area contributed by atoms with E-state index < -0.39 is 48.5 Å². The zero-order chi connectivity index (χ0) is 33.6. The van der Waals surface area contributed by atoms with Gasteiger partial charge in [0.1, 0.15) is 19.0 Å². The maximum absolute atomic E-state index is 15.1. The fourth-order valence-electron chi connectivity index (χ4n) is 5.35. The Hall–Kier alpha value is -4.11. The summed E-state index contributed by atoms with van der Waals surface area (Å²) in [6, 6.07) is 15.2. The van der Waals surface area contributed by atoms with Gasteiger partial charge in [-0.25, -0.2) is 9.18 Å². The number of fused-ring (bicyclic) bond motifs is 1. The highest BCUT2D eigenvalue weighted by atomic mass is 35.5. The third-order valence-corrected chi connectivity index (χ3v) is 8.01. The Morgan fingerprint density at radius 3 is 2.53 bits per heavy atom. The van der Waals surface area contributed by atoms with E-state index in [2.05, 4.69) is 10.6 Å². The number of alkyl carbamates (subject to hydrolysis) is 1. The molecule has 5 N–H and O–H groups in total. The number of morpholine rings is 1. The van der Waals surface area contributed by atoms with Crippen LogP contribution in [0, 0.1) is 5.82 Å². The summed E-state index contributed by atoms with van der Waals surface area (Å²) in [5.41, 5.74) is 8.60. The van der Waals surface area contributed by atoms with E-state index in [4.69, 9.17) is 36.3 Å². The third kappa shape index (κ3) is 9.25. The SMILES string of the molecule is N[C@H](C(=O)Nc1cccc(F)c1CC[C@@H]1CN[C@H](COC(=O)NCC(F)(F)F)CO1)[C@H](c1ccc(Cl)cc1)c1ccc2c(c1)OCO2. The van der Waals surface area contributed by atoms with Crippen LogP contribution in [0.25, 0.3) is 0 Å². The first-order valence-electron chi connectivity index (χ1n) is 14.8. The first kappa shape index (κ1) is 34.2. The molecule has 0 aliphatic carbocycles. The second kappa shape index (κ2) is 15.2. The number of amides is 2. The number of alkyl halides is 3.